The second kappa shape index (κ2) is 10.9. The Hall–Kier alpha value is -1.80. The summed E-state index contributed by atoms with van der Waals surface area (Å²) in [5.41, 5.74) is 2.11. The normalized spacial score (nSPS) is 9.64. The maximum absolute atomic E-state index is 11.4. The Morgan fingerprint density at radius 3 is 2.16 bits per heavy atom. The maximum atomic E-state index is 11.4. The van der Waals surface area contributed by atoms with E-state index >= 15 is 0 Å². The molecule has 8 heteroatoms. The molecule has 0 aliphatic rings. The molecule has 0 atom stereocenters. The highest BCUT2D eigenvalue weighted by molar-refractivity contribution is 9.10. The molecule has 0 spiro atoms. The van der Waals surface area contributed by atoms with Gasteiger partial charge in [0.25, 0.3) is 11.8 Å². The fourth-order valence-electron chi connectivity index (χ4n) is 1.78. The third-order valence-corrected chi connectivity index (χ3v) is 4.27. The van der Waals surface area contributed by atoms with Crippen molar-refractivity contribution in [3.8, 4) is 0 Å². The van der Waals surface area contributed by atoms with Crippen molar-refractivity contribution in [3.63, 3.8) is 0 Å². The molecule has 6 nitrogen and oxygen atoms in total. The van der Waals surface area contributed by atoms with Crippen LogP contribution in [0.1, 0.15) is 40.1 Å². The molecule has 0 radical (unpaired) electrons. The van der Waals surface area contributed by atoms with E-state index in [1.807, 2.05) is 20.8 Å². The average molecular weight is 472 g/mol. The van der Waals surface area contributed by atoms with Crippen molar-refractivity contribution >= 4 is 43.7 Å². The molecule has 0 aliphatic heterocycles. The largest absolute Gasteiger partial charge is 0.352 e. The van der Waals surface area contributed by atoms with Gasteiger partial charge in [-0.2, -0.15) is 0 Å². The zero-order valence-corrected chi connectivity index (χ0v) is 17.4. The third kappa shape index (κ3) is 6.91. The quantitative estimate of drug-likeness (QED) is 0.714. The van der Waals surface area contributed by atoms with Gasteiger partial charge >= 0.3 is 0 Å². The number of carbonyl (C=O) groups is 2. The minimum Gasteiger partial charge on any atom is -0.352 e. The van der Waals surface area contributed by atoms with Crippen molar-refractivity contribution in [2.45, 2.75) is 20.8 Å². The molecule has 0 aliphatic carbocycles. The first-order valence-corrected chi connectivity index (χ1v) is 9.26. The van der Waals surface area contributed by atoms with Gasteiger partial charge in [0.1, 0.15) is 0 Å². The molecule has 0 fully saturated rings. The van der Waals surface area contributed by atoms with Gasteiger partial charge in [-0.05, 0) is 64.3 Å². The first kappa shape index (κ1) is 21.2. The van der Waals surface area contributed by atoms with Crippen LogP contribution in [0.2, 0.25) is 0 Å². The van der Waals surface area contributed by atoms with Gasteiger partial charge in [-0.1, -0.05) is 0 Å². The first-order chi connectivity index (χ1) is 11.9. The summed E-state index contributed by atoms with van der Waals surface area (Å²) in [6, 6.07) is 1.73. The molecule has 2 amide bonds. The van der Waals surface area contributed by atoms with Crippen molar-refractivity contribution in [1.82, 2.24) is 20.6 Å². The van der Waals surface area contributed by atoms with Gasteiger partial charge in [0.05, 0.1) is 11.1 Å². The van der Waals surface area contributed by atoms with Crippen LogP contribution in [-0.2, 0) is 0 Å². The Balaban J connectivity index is 0.000000251. The van der Waals surface area contributed by atoms with Crippen LogP contribution in [0.4, 0.5) is 0 Å². The molecule has 0 bridgehead atoms. The SMILES string of the molecule is CCNC(=O)c1cncc(Br)c1.CCNC(=O)c1cncc(Br)c1C. The second-order valence-electron chi connectivity index (χ2n) is 4.90. The van der Waals surface area contributed by atoms with Crippen LogP contribution in [0.5, 0.6) is 0 Å². The summed E-state index contributed by atoms with van der Waals surface area (Å²) in [6.45, 7) is 6.91. The van der Waals surface area contributed by atoms with Crippen LogP contribution in [0.15, 0.2) is 39.8 Å². The Labute approximate surface area is 164 Å². The number of halogens is 2. The van der Waals surface area contributed by atoms with Crippen LogP contribution in [-0.4, -0.2) is 34.9 Å². The minimum atomic E-state index is -0.0914. The number of aromatic nitrogens is 2. The maximum Gasteiger partial charge on any atom is 0.253 e. The molecule has 25 heavy (non-hydrogen) atoms. The number of nitrogens with zero attached hydrogens (tertiary/aromatic N) is 2. The Morgan fingerprint density at radius 1 is 0.960 bits per heavy atom. The number of hydrogen-bond acceptors (Lipinski definition) is 4. The minimum absolute atomic E-state index is 0.0752. The Morgan fingerprint density at radius 2 is 1.56 bits per heavy atom. The molecule has 0 unspecified atom stereocenters. The zero-order valence-electron chi connectivity index (χ0n) is 14.3. The van der Waals surface area contributed by atoms with Gasteiger partial charge in [-0.15, -0.1) is 0 Å². The predicted octanol–water partition coefficient (Wildman–Crippen LogP) is 3.50. The summed E-state index contributed by atoms with van der Waals surface area (Å²) in [5, 5.41) is 5.42. The smallest absolute Gasteiger partial charge is 0.253 e. The highest BCUT2D eigenvalue weighted by Crippen LogP contribution is 2.17. The lowest BCUT2D eigenvalue weighted by Crippen LogP contribution is -2.23. The van der Waals surface area contributed by atoms with E-state index in [2.05, 4.69) is 52.5 Å². The number of carbonyl (C=O) groups excluding carboxylic acids is 2. The summed E-state index contributed by atoms with van der Waals surface area (Å²) >= 11 is 6.56. The van der Waals surface area contributed by atoms with E-state index < -0.39 is 0 Å². The van der Waals surface area contributed by atoms with Crippen molar-refractivity contribution < 1.29 is 9.59 Å². The molecule has 2 rings (SSSR count). The standard InChI is InChI=1S/C9H11BrN2O.C8H9BrN2O/c1-3-12-9(13)7-4-11-5-8(10)6(7)2;1-2-11-8(12)6-3-7(9)5-10-4-6/h4-5H,3H2,1-2H3,(H,12,13);3-5H,2H2,1H3,(H,11,12). The van der Waals surface area contributed by atoms with Crippen LogP contribution < -0.4 is 10.6 Å². The van der Waals surface area contributed by atoms with E-state index in [9.17, 15) is 9.59 Å². The third-order valence-electron chi connectivity index (χ3n) is 3.04. The van der Waals surface area contributed by atoms with Crippen molar-refractivity contribution in [3.05, 3.63) is 56.5 Å². The fraction of sp³-hybridized carbons (Fsp3) is 0.294. The van der Waals surface area contributed by atoms with E-state index in [1.54, 1.807) is 24.7 Å². The van der Waals surface area contributed by atoms with Crippen molar-refractivity contribution in [2.75, 3.05) is 13.1 Å². The molecule has 0 saturated heterocycles. The van der Waals surface area contributed by atoms with Crippen molar-refractivity contribution in [1.29, 1.82) is 0 Å². The van der Waals surface area contributed by atoms with Gasteiger partial charge in [0, 0.05) is 46.8 Å². The lowest BCUT2D eigenvalue weighted by atomic mass is 10.1. The molecule has 2 aromatic heterocycles. The number of nitrogens with one attached hydrogen (secondary N) is 2. The predicted molar refractivity (Wildman–Crippen MR) is 105 cm³/mol. The molecule has 2 heterocycles. The zero-order chi connectivity index (χ0) is 18.8. The van der Waals surface area contributed by atoms with E-state index in [0.29, 0.717) is 24.2 Å². The van der Waals surface area contributed by atoms with Gasteiger partial charge in [0.2, 0.25) is 0 Å². The first-order valence-electron chi connectivity index (χ1n) is 7.67. The van der Waals surface area contributed by atoms with Gasteiger partial charge in [-0.3, -0.25) is 19.6 Å². The highest BCUT2D eigenvalue weighted by Gasteiger charge is 2.09. The molecular formula is C17H20Br2N4O2. The molecule has 134 valence electrons. The van der Waals surface area contributed by atoms with E-state index in [0.717, 1.165) is 14.5 Å². The number of rotatable bonds is 4. The monoisotopic (exact) mass is 470 g/mol. The molecule has 0 aromatic carbocycles. The summed E-state index contributed by atoms with van der Waals surface area (Å²) in [4.78, 5) is 30.5. The van der Waals surface area contributed by atoms with Crippen LogP contribution in [0.3, 0.4) is 0 Å². The number of amides is 2. The van der Waals surface area contributed by atoms with Crippen molar-refractivity contribution in [2.24, 2.45) is 0 Å². The molecular weight excluding hydrogens is 452 g/mol. The van der Waals surface area contributed by atoms with Gasteiger partial charge < -0.3 is 10.6 Å². The molecule has 2 N–H and O–H groups in total. The van der Waals surface area contributed by atoms with Gasteiger partial charge in [-0.25, -0.2) is 0 Å². The average Bonchev–Trinajstić information content (AvgIpc) is 2.58. The second-order valence-corrected chi connectivity index (χ2v) is 6.67. The number of pyridine rings is 2. The van der Waals surface area contributed by atoms with E-state index in [4.69, 9.17) is 0 Å². The Bertz CT molecular complexity index is 738. The van der Waals surface area contributed by atoms with Crippen LogP contribution in [0.25, 0.3) is 0 Å². The summed E-state index contributed by atoms with van der Waals surface area (Å²) in [6.07, 6.45) is 6.43. The Kier molecular flexibility index (Phi) is 9.30. The van der Waals surface area contributed by atoms with Gasteiger partial charge in [0.15, 0.2) is 0 Å². The van der Waals surface area contributed by atoms with E-state index in [-0.39, 0.29) is 11.8 Å². The summed E-state index contributed by atoms with van der Waals surface area (Å²) in [7, 11) is 0. The topological polar surface area (TPSA) is 84.0 Å². The molecule has 0 saturated carbocycles. The van der Waals surface area contributed by atoms with E-state index in [1.165, 1.54) is 6.20 Å². The number of hydrogen-bond donors (Lipinski definition) is 2. The highest BCUT2D eigenvalue weighted by atomic mass is 79.9. The fourth-order valence-corrected chi connectivity index (χ4v) is 2.48. The van der Waals surface area contributed by atoms with Crippen LogP contribution in [0, 0.1) is 6.92 Å². The molecule has 2 aromatic rings. The van der Waals surface area contributed by atoms with Crippen LogP contribution >= 0.6 is 31.9 Å². The summed E-state index contributed by atoms with van der Waals surface area (Å²) < 4.78 is 1.67. The lowest BCUT2D eigenvalue weighted by Gasteiger charge is -2.05. The summed E-state index contributed by atoms with van der Waals surface area (Å²) in [5.74, 6) is -0.167. The lowest BCUT2D eigenvalue weighted by molar-refractivity contribution is 0.0946.